The van der Waals surface area contributed by atoms with Crippen LogP contribution in [0, 0.1) is 13.8 Å². The van der Waals surface area contributed by atoms with Gasteiger partial charge in [0.25, 0.3) is 0 Å². The fourth-order valence-electron chi connectivity index (χ4n) is 2.87. The molecule has 1 unspecified atom stereocenters. The van der Waals surface area contributed by atoms with Crippen molar-refractivity contribution in [2.75, 3.05) is 26.7 Å². The van der Waals surface area contributed by atoms with E-state index in [1.165, 1.54) is 10.5 Å². The normalized spacial score (nSPS) is 15.6. The van der Waals surface area contributed by atoms with Crippen molar-refractivity contribution in [3.05, 3.63) is 17.0 Å². The lowest BCUT2D eigenvalue weighted by atomic mass is 10.1. The Kier molecular flexibility index (Phi) is 8.31. The van der Waals surface area contributed by atoms with E-state index < -0.39 is 0 Å². The number of hydrogen-bond donors (Lipinski definition) is 3. The highest BCUT2D eigenvalue weighted by Crippen LogP contribution is 2.14. The predicted octanol–water partition coefficient (Wildman–Crippen LogP) is 0.303. The van der Waals surface area contributed by atoms with Gasteiger partial charge in [0, 0.05) is 38.9 Å². The first-order valence-corrected chi connectivity index (χ1v) is 8.38. The summed E-state index contributed by atoms with van der Waals surface area (Å²) < 4.78 is 1.89. The third kappa shape index (κ3) is 5.32. The molecule has 2 rings (SSSR count). The second kappa shape index (κ2) is 9.74. The number of aromatic nitrogens is 2. The van der Waals surface area contributed by atoms with E-state index in [4.69, 9.17) is 0 Å². The summed E-state index contributed by atoms with van der Waals surface area (Å²) in [5.74, 6) is 0.435. The maximum absolute atomic E-state index is 11.5. The molecule has 10 heteroatoms. The summed E-state index contributed by atoms with van der Waals surface area (Å²) in [6.45, 7) is 6.98. The minimum Gasteiger partial charge on any atom is -0.355 e. The van der Waals surface area contributed by atoms with Crippen LogP contribution in [0.5, 0.6) is 0 Å². The zero-order chi connectivity index (χ0) is 18.6. The molecule has 3 amide bonds. The number of amides is 3. The molecule has 1 aromatic rings. The number of aryl methyl sites for hydroxylation is 2. The number of guanidine groups is 1. The Bertz CT molecular complexity index is 670. The van der Waals surface area contributed by atoms with Gasteiger partial charge in [-0.1, -0.05) is 0 Å². The standard InChI is InChI=1S/C16H27N7O2.HI/c1-10(8-13-11(2)21-22(5)12(13)3)20-15(17-4)18-6-7-23-14(24)9-19-16(23)25;/h10H,6-9H2,1-5H3,(H,19,25)(H2,17,18,20);1H. The maximum Gasteiger partial charge on any atom is 0.324 e. The highest BCUT2D eigenvalue weighted by Gasteiger charge is 2.27. The number of rotatable bonds is 6. The van der Waals surface area contributed by atoms with Gasteiger partial charge in [-0.05, 0) is 32.8 Å². The molecule has 1 fully saturated rings. The molecule has 0 radical (unpaired) electrons. The Balaban J connectivity index is 0.00000338. The molecule has 26 heavy (non-hydrogen) atoms. The van der Waals surface area contributed by atoms with E-state index in [1.54, 1.807) is 7.05 Å². The monoisotopic (exact) mass is 477 g/mol. The van der Waals surface area contributed by atoms with Crippen LogP contribution in [0.1, 0.15) is 23.9 Å². The van der Waals surface area contributed by atoms with Crippen LogP contribution >= 0.6 is 24.0 Å². The molecule has 1 aliphatic rings. The number of carbonyl (C=O) groups excluding carboxylic acids is 2. The number of imide groups is 1. The van der Waals surface area contributed by atoms with Gasteiger partial charge in [0.05, 0.1) is 12.2 Å². The first-order chi connectivity index (χ1) is 11.8. The van der Waals surface area contributed by atoms with E-state index in [9.17, 15) is 9.59 Å². The van der Waals surface area contributed by atoms with Gasteiger partial charge in [0.1, 0.15) is 0 Å². The van der Waals surface area contributed by atoms with E-state index in [0.717, 1.165) is 17.8 Å². The summed E-state index contributed by atoms with van der Waals surface area (Å²) in [7, 11) is 3.64. The first-order valence-electron chi connectivity index (χ1n) is 8.38. The molecule has 0 aliphatic carbocycles. The number of nitrogens with one attached hydrogen (secondary N) is 3. The third-order valence-electron chi connectivity index (χ3n) is 4.34. The summed E-state index contributed by atoms with van der Waals surface area (Å²) >= 11 is 0. The molecular weight excluding hydrogens is 449 g/mol. The van der Waals surface area contributed by atoms with Gasteiger partial charge >= 0.3 is 6.03 Å². The Morgan fingerprint density at radius 1 is 1.38 bits per heavy atom. The van der Waals surface area contributed by atoms with Crippen LogP contribution in [0.3, 0.4) is 0 Å². The fourth-order valence-corrected chi connectivity index (χ4v) is 2.87. The molecular formula is C16H28IN7O2. The average Bonchev–Trinajstić information content (AvgIpc) is 3.00. The van der Waals surface area contributed by atoms with Crippen LogP contribution in [0.2, 0.25) is 0 Å². The minimum atomic E-state index is -0.342. The highest BCUT2D eigenvalue weighted by atomic mass is 127. The lowest BCUT2D eigenvalue weighted by Crippen LogP contribution is -2.46. The van der Waals surface area contributed by atoms with Crippen molar-refractivity contribution in [1.29, 1.82) is 0 Å². The van der Waals surface area contributed by atoms with Crippen molar-refractivity contribution in [3.63, 3.8) is 0 Å². The zero-order valence-corrected chi connectivity index (χ0v) is 18.2. The number of urea groups is 1. The fraction of sp³-hybridized carbons (Fsp3) is 0.625. The van der Waals surface area contributed by atoms with Gasteiger partial charge in [-0.2, -0.15) is 5.10 Å². The molecule has 3 N–H and O–H groups in total. The van der Waals surface area contributed by atoms with Crippen LogP contribution < -0.4 is 16.0 Å². The van der Waals surface area contributed by atoms with Gasteiger partial charge in [-0.25, -0.2) is 4.79 Å². The molecule has 0 saturated carbocycles. The second-order valence-electron chi connectivity index (χ2n) is 6.23. The van der Waals surface area contributed by atoms with Crippen molar-refractivity contribution in [1.82, 2.24) is 30.6 Å². The molecule has 146 valence electrons. The zero-order valence-electron chi connectivity index (χ0n) is 15.9. The maximum atomic E-state index is 11.5. The first kappa shape index (κ1) is 22.2. The molecule has 0 spiro atoms. The van der Waals surface area contributed by atoms with Crippen molar-refractivity contribution in [2.24, 2.45) is 12.0 Å². The quantitative estimate of drug-likeness (QED) is 0.237. The summed E-state index contributed by atoms with van der Waals surface area (Å²) in [4.78, 5) is 28.4. The number of halogens is 1. The van der Waals surface area contributed by atoms with Crippen molar-refractivity contribution >= 4 is 41.9 Å². The molecule has 1 aromatic heterocycles. The average molecular weight is 477 g/mol. The van der Waals surface area contributed by atoms with E-state index >= 15 is 0 Å². The van der Waals surface area contributed by atoms with E-state index in [1.807, 2.05) is 18.7 Å². The molecule has 0 bridgehead atoms. The van der Waals surface area contributed by atoms with Crippen molar-refractivity contribution in [2.45, 2.75) is 33.2 Å². The van der Waals surface area contributed by atoms with Crippen molar-refractivity contribution < 1.29 is 9.59 Å². The Hall–Kier alpha value is -1.85. The van der Waals surface area contributed by atoms with E-state index in [-0.39, 0.29) is 48.5 Å². The highest BCUT2D eigenvalue weighted by molar-refractivity contribution is 14.0. The Morgan fingerprint density at radius 2 is 2.08 bits per heavy atom. The summed E-state index contributed by atoms with van der Waals surface area (Å²) in [6, 6.07) is -0.185. The number of carbonyl (C=O) groups is 2. The van der Waals surface area contributed by atoms with Crippen LogP contribution in [0.15, 0.2) is 4.99 Å². The minimum absolute atomic E-state index is 0. The summed E-state index contributed by atoms with van der Waals surface area (Å²) in [5, 5.41) is 13.4. The molecule has 0 aromatic carbocycles. The van der Waals surface area contributed by atoms with Crippen LogP contribution in [-0.4, -0.2) is 65.3 Å². The number of nitrogens with zero attached hydrogens (tertiary/aromatic N) is 4. The number of aliphatic imine (C=N–C) groups is 1. The SMILES string of the molecule is CN=C(NCCN1C(=O)CNC1=O)NC(C)Cc1c(C)nn(C)c1C.I. The van der Waals surface area contributed by atoms with Gasteiger partial charge in [0.15, 0.2) is 5.96 Å². The summed E-state index contributed by atoms with van der Waals surface area (Å²) in [6.07, 6.45) is 0.833. The molecule has 1 atom stereocenters. The Labute approximate surface area is 171 Å². The molecule has 9 nitrogen and oxygen atoms in total. The molecule has 1 saturated heterocycles. The lowest BCUT2D eigenvalue weighted by molar-refractivity contribution is -0.124. The molecule has 2 heterocycles. The summed E-state index contributed by atoms with van der Waals surface area (Å²) in [5.41, 5.74) is 3.43. The number of hydrogen-bond acceptors (Lipinski definition) is 4. The largest absolute Gasteiger partial charge is 0.355 e. The van der Waals surface area contributed by atoms with Crippen LogP contribution in [-0.2, 0) is 18.3 Å². The van der Waals surface area contributed by atoms with Crippen LogP contribution in [0.4, 0.5) is 4.79 Å². The van der Waals surface area contributed by atoms with Gasteiger partial charge in [-0.3, -0.25) is 19.4 Å². The predicted molar refractivity (Wildman–Crippen MR) is 111 cm³/mol. The van der Waals surface area contributed by atoms with Gasteiger partial charge < -0.3 is 16.0 Å². The van der Waals surface area contributed by atoms with Gasteiger partial charge in [0.2, 0.25) is 5.91 Å². The lowest BCUT2D eigenvalue weighted by Gasteiger charge is -2.19. The Morgan fingerprint density at radius 3 is 2.58 bits per heavy atom. The molecule has 1 aliphatic heterocycles. The van der Waals surface area contributed by atoms with Crippen molar-refractivity contribution in [3.8, 4) is 0 Å². The van der Waals surface area contributed by atoms with E-state index in [0.29, 0.717) is 19.0 Å². The third-order valence-corrected chi connectivity index (χ3v) is 4.34. The van der Waals surface area contributed by atoms with Crippen LogP contribution in [0.25, 0.3) is 0 Å². The van der Waals surface area contributed by atoms with Gasteiger partial charge in [-0.15, -0.1) is 24.0 Å². The topological polar surface area (TPSA) is 104 Å². The smallest absolute Gasteiger partial charge is 0.324 e. The van der Waals surface area contributed by atoms with E-state index in [2.05, 4.69) is 39.9 Å². The second-order valence-corrected chi connectivity index (χ2v) is 6.23.